The third-order valence-electron chi connectivity index (χ3n) is 5.14. The molecule has 0 aliphatic carbocycles. The highest BCUT2D eigenvalue weighted by atomic mass is 16.3. The second-order valence-electron chi connectivity index (χ2n) is 6.57. The number of carbonyl (C=O) groups is 1. The van der Waals surface area contributed by atoms with Crippen LogP contribution in [0.2, 0.25) is 0 Å². The average molecular weight is 288 g/mol. The largest absolute Gasteiger partial charge is 0.396 e. The molecule has 4 nitrogen and oxygen atoms in total. The maximum Gasteiger partial charge on any atom is 0.253 e. The number of rotatable bonds is 3. The number of likely N-dealkylation sites (N-methyl/N-ethyl adjacent to an activating group) is 1. The van der Waals surface area contributed by atoms with Crippen molar-refractivity contribution in [1.29, 1.82) is 0 Å². The number of aliphatic hydroxyl groups is 1. The Balaban J connectivity index is 1.64. The fourth-order valence-corrected chi connectivity index (χ4v) is 3.70. The summed E-state index contributed by atoms with van der Waals surface area (Å²) < 4.78 is 0. The maximum atomic E-state index is 12.5. The minimum absolute atomic E-state index is 0.104. The summed E-state index contributed by atoms with van der Waals surface area (Å²) in [7, 11) is 2.10. The van der Waals surface area contributed by atoms with Gasteiger partial charge in [0, 0.05) is 31.8 Å². The van der Waals surface area contributed by atoms with Gasteiger partial charge in [0.05, 0.1) is 5.54 Å². The van der Waals surface area contributed by atoms with Gasteiger partial charge in [0.15, 0.2) is 0 Å². The van der Waals surface area contributed by atoms with Crippen LogP contribution in [0.4, 0.5) is 0 Å². The molecule has 2 saturated heterocycles. The summed E-state index contributed by atoms with van der Waals surface area (Å²) in [6, 6.07) is 7.93. The number of aryl methyl sites for hydroxylation is 1. The molecule has 1 atom stereocenters. The molecule has 1 aromatic carbocycles. The first-order valence-corrected chi connectivity index (χ1v) is 7.78. The van der Waals surface area contributed by atoms with E-state index in [-0.39, 0.29) is 18.1 Å². The van der Waals surface area contributed by atoms with Gasteiger partial charge in [0.1, 0.15) is 0 Å². The highest BCUT2D eigenvalue weighted by Crippen LogP contribution is 2.39. The van der Waals surface area contributed by atoms with Crippen LogP contribution in [-0.2, 0) is 6.42 Å². The third kappa shape index (κ3) is 2.47. The molecule has 3 rings (SSSR count). The lowest BCUT2D eigenvalue weighted by molar-refractivity contribution is -0.00774. The molecule has 0 radical (unpaired) electrons. The van der Waals surface area contributed by atoms with E-state index in [1.807, 2.05) is 29.2 Å². The first kappa shape index (κ1) is 14.5. The quantitative estimate of drug-likeness (QED) is 0.914. The number of nitrogens with zero attached hydrogens (tertiary/aromatic N) is 2. The number of hydrogen-bond donors (Lipinski definition) is 1. The van der Waals surface area contributed by atoms with Crippen molar-refractivity contribution in [3.8, 4) is 0 Å². The van der Waals surface area contributed by atoms with Crippen molar-refractivity contribution in [2.24, 2.45) is 5.92 Å². The van der Waals surface area contributed by atoms with E-state index in [9.17, 15) is 9.90 Å². The van der Waals surface area contributed by atoms with Crippen LogP contribution < -0.4 is 0 Å². The molecular formula is C17H24N2O2. The Morgan fingerprint density at radius 2 is 2.00 bits per heavy atom. The fourth-order valence-electron chi connectivity index (χ4n) is 3.70. The predicted molar refractivity (Wildman–Crippen MR) is 82.3 cm³/mol. The van der Waals surface area contributed by atoms with E-state index in [1.54, 1.807) is 0 Å². The molecule has 0 aromatic heterocycles. The minimum Gasteiger partial charge on any atom is -0.396 e. The molecule has 4 heteroatoms. The van der Waals surface area contributed by atoms with Crippen LogP contribution in [-0.4, -0.2) is 59.6 Å². The topological polar surface area (TPSA) is 43.8 Å². The zero-order valence-corrected chi connectivity index (χ0v) is 12.9. The predicted octanol–water partition coefficient (Wildman–Crippen LogP) is 1.39. The number of aliphatic hydroxyl groups excluding tert-OH is 1. The molecule has 21 heavy (non-hydrogen) atoms. The molecular weight excluding hydrogens is 264 g/mol. The molecule has 2 fully saturated rings. The van der Waals surface area contributed by atoms with Crippen LogP contribution in [0.3, 0.4) is 0 Å². The first-order chi connectivity index (χ1) is 10.1. The standard InChI is InChI=1S/C17H24N2O2/c1-3-13-4-6-15(7-5-13)16(21)19-11-17(12-19)8-14(10-20)9-18(17)2/h4-7,14,20H,3,8-12H2,1-2H3/t14-/m0/s1. The lowest BCUT2D eigenvalue weighted by atomic mass is 9.84. The van der Waals surface area contributed by atoms with Crippen molar-refractivity contribution in [3.63, 3.8) is 0 Å². The second kappa shape index (κ2) is 5.43. The van der Waals surface area contributed by atoms with E-state index >= 15 is 0 Å². The van der Waals surface area contributed by atoms with Gasteiger partial charge < -0.3 is 10.0 Å². The third-order valence-corrected chi connectivity index (χ3v) is 5.14. The smallest absolute Gasteiger partial charge is 0.253 e. The van der Waals surface area contributed by atoms with Gasteiger partial charge in [-0.2, -0.15) is 0 Å². The van der Waals surface area contributed by atoms with Crippen LogP contribution in [0, 0.1) is 5.92 Å². The van der Waals surface area contributed by atoms with E-state index in [4.69, 9.17) is 0 Å². The van der Waals surface area contributed by atoms with Crippen molar-refractivity contribution in [1.82, 2.24) is 9.80 Å². The van der Waals surface area contributed by atoms with Crippen LogP contribution in [0.5, 0.6) is 0 Å². The van der Waals surface area contributed by atoms with Gasteiger partial charge in [-0.15, -0.1) is 0 Å². The Hall–Kier alpha value is -1.39. The number of hydrogen-bond acceptors (Lipinski definition) is 3. The molecule has 0 bridgehead atoms. The molecule has 1 amide bonds. The minimum atomic E-state index is 0.104. The average Bonchev–Trinajstić information content (AvgIpc) is 2.82. The summed E-state index contributed by atoms with van der Waals surface area (Å²) >= 11 is 0. The summed E-state index contributed by atoms with van der Waals surface area (Å²) in [5.74, 6) is 0.486. The van der Waals surface area contributed by atoms with E-state index < -0.39 is 0 Å². The van der Waals surface area contributed by atoms with Crippen molar-refractivity contribution in [2.75, 3.05) is 33.3 Å². The number of amides is 1. The fraction of sp³-hybridized carbons (Fsp3) is 0.588. The Morgan fingerprint density at radius 1 is 1.33 bits per heavy atom. The normalized spacial score (nSPS) is 24.3. The molecule has 1 spiro atoms. The summed E-state index contributed by atoms with van der Waals surface area (Å²) in [5, 5.41) is 9.33. The van der Waals surface area contributed by atoms with Crippen LogP contribution in [0.25, 0.3) is 0 Å². The van der Waals surface area contributed by atoms with Crippen LogP contribution in [0.1, 0.15) is 29.3 Å². The Kier molecular flexibility index (Phi) is 3.76. The second-order valence-corrected chi connectivity index (χ2v) is 6.57. The van der Waals surface area contributed by atoms with E-state index in [0.717, 1.165) is 38.0 Å². The van der Waals surface area contributed by atoms with Gasteiger partial charge in [0.25, 0.3) is 5.91 Å². The summed E-state index contributed by atoms with van der Waals surface area (Å²) in [4.78, 5) is 16.7. The van der Waals surface area contributed by atoms with Crippen molar-refractivity contribution >= 4 is 5.91 Å². The van der Waals surface area contributed by atoms with Crippen molar-refractivity contribution < 1.29 is 9.90 Å². The summed E-state index contributed by atoms with van der Waals surface area (Å²) in [6.45, 7) is 4.87. The van der Waals surface area contributed by atoms with Gasteiger partial charge >= 0.3 is 0 Å². The summed E-state index contributed by atoms with van der Waals surface area (Å²) in [6.07, 6.45) is 1.99. The highest BCUT2D eigenvalue weighted by molar-refractivity contribution is 5.95. The van der Waals surface area contributed by atoms with E-state index in [1.165, 1.54) is 5.56 Å². The van der Waals surface area contributed by atoms with Gasteiger partial charge in [-0.05, 0) is 43.5 Å². The number of carbonyl (C=O) groups excluding carboxylic acids is 1. The Bertz CT molecular complexity index is 520. The molecule has 0 unspecified atom stereocenters. The Labute approximate surface area is 126 Å². The van der Waals surface area contributed by atoms with Gasteiger partial charge in [-0.3, -0.25) is 9.69 Å². The van der Waals surface area contributed by atoms with Crippen molar-refractivity contribution in [3.05, 3.63) is 35.4 Å². The van der Waals surface area contributed by atoms with Gasteiger partial charge in [-0.25, -0.2) is 0 Å². The first-order valence-electron chi connectivity index (χ1n) is 7.78. The van der Waals surface area contributed by atoms with Crippen LogP contribution >= 0.6 is 0 Å². The lowest BCUT2D eigenvalue weighted by Gasteiger charge is -2.52. The SMILES string of the molecule is CCc1ccc(C(=O)N2CC3(C[C@H](CO)CN3C)C2)cc1. The monoisotopic (exact) mass is 288 g/mol. The van der Waals surface area contributed by atoms with Crippen molar-refractivity contribution in [2.45, 2.75) is 25.3 Å². The molecule has 1 aromatic rings. The molecule has 1 N–H and O–H groups in total. The Morgan fingerprint density at radius 3 is 2.52 bits per heavy atom. The van der Waals surface area contributed by atoms with E-state index in [0.29, 0.717) is 5.92 Å². The zero-order valence-electron chi connectivity index (χ0n) is 12.9. The van der Waals surface area contributed by atoms with E-state index in [2.05, 4.69) is 18.9 Å². The summed E-state index contributed by atoms with van der Waals surface area (Å²) in [5.41, 5.74) is 2.14. The number of benzene rings is 1. The zero-order chi connectivity index (χ0) is 15.0. The molecule has 2 aliphatic heterocycles. The highest BCUT2D eigenvalue weighted by Gasteiger charge is 2.52. The molecule has 0 saturated carbocycles. The molecule has 2 heterocycles. The number of likely N-dealkylation sites (tertiary alicyclic amines) is 2. The molecule has 114 valence electrons. The van der Waals surface area contributed by atoms with Gasteiger partial charge in [-0.1, -0.05) is 19.1 Å². The lowest BCUT2D eigenvalue weighted by Crippen LogP contribution is -2.68. The van der Waals surface area contributed by atoms with Crippen LogP contribution in [0.15, 0.2) is 24.3 Å². The van der Waals surface area contributed by atoms with Gasteiger partial charge in [0.2, 0.25) is 0 Å². The maximum absolute atomic E-state index is 12.5. The molecule has 2 aliphatic rings.